The zero-order valence-corrected chi connectivity index (χ0v) is 16.1. The second kappa shape index (κ2) is 9.20. The third kappa shape index (κ3) is 4.24. The van der Waals surface area contributed by atoms with Crippen molar-refractivity contribution >= 4 is 11.7 Å². The van der Waals surface area contributed by atoms with Crippen LogP contribution in [0.25, 0.3) is 5.76 Å². The third-order valence-corrected chi connectivity index (χ3v) is 4.80. The molecule has 0 saturated heterocycles. The Balaban J connectivity index is 2.04. The van der Waals surface area contributed by atoms with Crippen LogP contribution in [0.5, 0.6) is 5.75 Å². The average Bonchev–Trinajstić information content (AvgIpc) is 2.74. The molecule has 2 aromatic rings. The van der Waals surface area contributed by atoms with E-state index in [1.54, 1.807) is 19.3 Å². The van der Waals surface area contributed by atoms with E-state index >= 15 is 0 Å². The molecule has 0 amide bonds. The van der Waals surface area contributed by atoms with Crippen molar-refractivity contribution in [1.29, 1.82) is 0 Å². The summed E-state index contributed by atoms with van der Waals surface area (Å²) in [6.45, 7) is 8.79. The Labute approximate surface area is 166 Å². The molecule has 2 aromatic carbocycles. The quantitative estimate of drug-likeness (QED) is 0.506. The Morgan fingerprint density at radius 1 is 1.04 bits per heavy atom. The first kappa shape index (κ1) is 19.6. The monoisotopic (exact) mass is 375 g/mol. The van der Waals surface area contributed by atoms with Gasteiger partial charge in [0.15, 0.2) is 0 Å². The predicted molar refractivity (Wildman–Crippen MR) is 112 cm³/mol. The van der Waals surface area contributed by atoms with E-state index in [9.17, 15) is 4.79 Å². The van der Waals surface area contributed by atoms with E-state index in [1.807, 2.05) is 65.6 Å². The normalized spacial score (nSPS) is 18.9. The molecular weight excluding hydrogens is 350 g/mol. The fraction of sp³-hybridized carbons (Fsp3) is 0.208. The molecule has 0 unspecified atom stereocenters. The highest BCUT2D eigenvalue weighted by atomic mass is 16.5. The second-order valence-corrected chi connectivity index (χ2v) is 6.59. The van der Waals surface area contributed by atoms with Crippen LogP contribution in [0.4, 0.5) is 0 Å². The smallest absolute Gasteiger partial charge is 0.329 e. The van der Waals surface area contributed by atoms with Crippen LogP contribution in [0, 0.1) is 0 Å². The Morgan fingerprint density at radius 2 is 1.68 bits per heavy atom. The first-order chi connectivity index (χ1) is 13.7. The molecule has 0 N–H and O–H groups in total. The van der Waals surface area contributed by atoms with E-state index < -0.39 is 6.04 Å². The largest absolute Gasteiger partial charge is 0.497 e. The highest BCUT2D eigenvalue weighted by molar-refractivity contribution is 5.87. The van der Waals surface area contributed by atoms with E-state index in [-0.39, 0.29) is 11.9 Å². The van der Waals surface area contributed by atoms with Crippen molar-refractivity contribution in [2.24, 2.45) is 0 Å². The maximum Gasteiger partial charge on any atom is 0.329 e. The van der Waals surface area contributed by atoms with Gasteiger partial charge < -0.3 is 9.47 Å². The fourth-order valence-electron chi connectivity index (χ4n) is 3.48. The number of ether oxygens (including phenoxy) is 2. The van der Waals surface area contributed by atoms with Crippen LogP contribution < -0.4 is 4.74 Å². The summed E-state index contributed by atoms with van der Waals surface area (Å²) in [5, 5.41) is 0. The lowest BCUT2D eigenvalue weighted by atomic mass is 9.87. The van der Waals surface area contributed by atoms with Crippen molar-refractivity contribution < 1.29 is 14.3 Å². The molecule has 144 valence electrons. The van der Waals surface area contributed by atoms with Gasteiger partial charge in [-0.25, -0.2) is 4.79 Å². The summed E-state index contributed by atoms with van der Waals surface area (Å²) in [6, 6.07) is 17.1. The van der Waals surface area contributed by atoms with Gasteiger partial charge in [-0.1, -0.05) is 42.5 Å². The van der Waals surface area contributed by atoms with Crippen molar-refractivity contribution in [3.8, 4) is 5.75 Å². The topological polar surface area (TPSA) is 38.8 Å². The standard InChI is InChI=1S/C24H25NO3/c1-4-15-25(16-5-2)23-21(18-9-7-6-8-10-18)17-22(28-24(23)26)19-11-13-20(27-3)14-12-19/h4-14,17,21,23H,1-2,15-16H2,3H3/t21-,23-/m1/s1. The molecule has 2 atom stereocenters. The average molecular weight is 375 g/mol. The fourth-order valence-corrected chi connectivity index (χ4v) is 3.48. The molecule has 1 heterocycles. The van der Waals surface area contributed by atoms with Gasteiger partial charge in [0.25, 0.3) is 0 Å². The Bertz CT molecular complexity index is 845. The van der Waals surface area contributed by atoms with E-state index in [4.69, 9.17) is 9.47 Å². The van der Waals surface area contributed by atoms with Gasteiger partial charge in [-0.2, -0.15) is 0 Å². The number of methoxy groups -OCH3 is 1. The van der Waals surface area contributed by atoms with Gasteiger partial charge in [-0.3, -0.25) is 4.90 Å². The summed E-state index contributed by atoms with van der Waals surface area (Å²) in [4.78, 5) is 15.1. The van der Waals surface area contributed by atoms with Crippen LogP contribution in [0.1, 0.15) is 17.0 Å². The molecule has 0 radical (unpaired) electrons. The van der Waals surface area contributed by atoms with Crippen LogP contribution in [-0.2, 0) is 9.53 Å². The summed E-state index contributed by atoms with van der Waals surface area (Å²) in [7, 11) is 1.62. The second-order valence-electron chi connectivity index (χ2n) is 6.59. The lowest BCUT2D eigenvalue weighted by Crippen LogP contribution is -2.47. The van der Waals surface area contributed by atoms with Crippen molar-refractivity contribution in [3.05, 3.63) is 97.1 Å². The van der Waals surface area contributed by atoms with E-state index in [0.29, 0.717) is 18.8 Å². The number of hydrogen-bond acceptors (Lipinski definition) is 4. The summed E-state index contributed by atoms with van der Waals surface area (Å²) < 4.78 is 11.0. The Kier molecular flexibility index (Phi) is 6.45. The van der Waals surface area contributed by atoms with Crippen molar-refractivity contribution in [3.63, 3.8) is 0 Å². The molecule has 28 heavy (non-hydrogen) atoms. The van der Waals surface area contributed by atoms with E-state index in [2.05, 4.69) is 13.2 Å². The number of carbonyl (C=O) groups excluding carboxylic acids is 1. The number of nitrogens with zero attached hydrogens (tertiary/aromatic N) is 1. The van der Waals surface area contributed by atoms with Crippen LogP contribution in [-0.4, -0.2) is 37.1 Å². The Hall–Kier alpha value is -3.11. The SMILES string of the molecule is C=CCN(CC=C)[C@H]1C(=O)OC(c2ccc(OC)cc2)=C[C@@H]1c1ccccc1. The third-order valence-electron chi connectivity index (χ3n) is 4.80. The van der Waals surface area contributed by atoms with Crippen molar-refractivity contribution in [2.75, 3.05) is 20.2 Å². The lowest BCUT2D eigenvalue weighted by Gasteiger charge is -2.36. The summed E-state index contributed by atoms with van der Waals surface area (Å²) in [5.41, 5.74) is 1.90. The van der Waals surface area contributed by atoms with Crippen molar-refractivity contribution in [2.45, 2.75) is 12.0 Å². The number of cyclic esters (lactones) is 1. The highest BCUT2D eigenvalue weighted by Gasteiger charge is 2.38. The molecule has 0 saturated carbocycles. The van der Waals surface area contributed by atoms with E-state index in [0.717, 1.165) is 16.9 Å². The van der Waals surface area contributed by atoms with Crippen LogP contribution >= 0.6 is 0 Å². The maximum atomic E-state index is 13.1. The highest BCUT2D eigenvalue weighted by Crippen LogP contribution is 2.35. The number of carbonyl (C=O) groups is 1. The van der Waals surface area contributed by atoms with E-state index in [1.165, 1.54) is 0 Å². The summed E-state index contributed by atoms with van der Waals surface area (Å²) in [6.07, 6.45) is 5.62. The molecule has 0 aromatic heterocycles. The van der Waals surface area contributed by atoms with Gasteiger partial charge in [0.1, 0.15) is 17.6 Å². The maximum absolute atomic E-state index is 13.1. The first-order valence-corrected chi connectivity index (χ1v) is 9.26. The molecule has 4 nitrogen and oxygen atoms in total. The van der Waals surface area contributed by atoms with Gasteiger partial charge in [0.05, 0.1) is 7.11 Å². The minimum atomic E-state index is -0.444. The molecule has 0 bridgehead atoms. The van der Waals surface area contributed by atoms with Gasteiger partial charge in [0, 0.05) is 24.6 Å². The molecule has 0 fully saturated rings. The molecule has 1 aliphatic rings. The molecule has 0 aliphatic carbocycles. The number of benzene rings is 2. The van der Waals surface area contributed by atoms with Crippen LogP contribution in [0.15, 0.2) is 86.0 Å². The predicted octanol–water partition coefficient (Wildman–Crippen LogP) is 4.42. The lowest BCUT2D eigenvalue weighted by molar-refractivity contribution is -0.144. The van der Waals surface area contributed by atoms with Gasteiger partial charge in [-0.15, -0.1) is 13.2 Å². The molecule has 1 aliphatic heterocycles. The molecule has 3 rings (SSSR count). The number of esters is 1. The van der Waals surface area contributed by atoms with Crippen LogP contribution in [0.2, 0.25) is 0 Å². The first-order valence-electron chi connectivity index (χ1n) is 9.26. The molecular formula is C24H25NO3. The summed E-state index contributed by atoms with van der Waals surface area (Å²) in [5.74, 6) is 0.910. The zero-order chi connectivity index (χ0) is 19.9. The van der Waals surface area contributed by atoms with Gasteiger partial charge in [0.2, 0.25) is 0 Å². The molecule has 0 spiro atoms. The minimum Gasteiger partial charge on any atom is -0.497 e. The minimum absolute atomic E-state index is 0.139. The number of hydrogen-bond donors (Lipinski definition) is 0. The number of rotatable bonds is 8. The Morgan fingerprint density at radius 3 is 2.25 bits per heavy atom. The summed E-state index contributed by atoms with van der Waals surface area (Å²) >= 11 is 0. The van der Waals surface area contributed by atoms with Gasteiger partial charge >= 0.3 is 5.97 Å². The zero-order valence-electron chi connectivity index (χ0n) is 16.1. The van der Waals surface area contributed by atoms with Crippen molar-refractivity contribution in [1.82, 2.24) is 4.90 Å². The molecule has 4 heteroatoms. The van der Waals surface area contributed by atoms with Crippen LogP contribution in [0.3, 0.4) is 0 Å². The van der Waals surface area contributed by atoms with Gasteiger partial charge in [-0.05, 0) is 35.9 Å².